The molecule has 164 valence electrons. The lowest BCUT2D eigenvalue weighted by Crippen LogP contribution is -2.24. The number of carbonyl (C=O) groups is 1. The number of benzene rings is 2. The summed E-state index contributed by atoms with van der Waals surface area (Å²) in [6, 6.07) is 15.2. The number of ether oxygens (including phenoxy) is 4. The van der Waals surface area contributed by atoms with Crippen LogP contribution in [0.4, 0.5) is 0 Å². The molecule has 0 aliphatic carbocycles. The van der Waals surface area contributed by atoms with Gasteiger partial charge in [0.25, 0.3) is 0 Å². The highest BCUT2D eigenvalue weighted by molar-refractivity contribution is 5.92. The highest BCUT2D eigenvalue weighted by atomic mass is 16.7. The number of hydrogen-bond donors (Lipinski definition) is 0. The van der Waals surface area contributed by atoms with E-state index in [0.717, 1.165) is 12.2 Å². The van der Waals surface area contributed by atoms with E-state index >= 15 is 0 Å². The van der Waals surface area contributed by atoms with Crippen LogP contribution in [-0.2, 0) is 9.47 Å². The monoisotopic (exact) mass is 414 g/mol. The molecule has 0 aliphatic heterocycles. The van der Waals surface area contributed by atoms with Crippen molar-refractivity contribution in [2.45, 2.75) is 65.8 Å². The lowest BCUT2D eigenvalue weighted by Gasteiger charge is -2.20. The summed E-state index contributed by atoms with van der Waals surface area (Å²) in [5, 5.41) is 0. The molecular formula is C25H34O5. The van der Waals surface area contributed by atoms with Gasteiger partial charge < -0.3 is 18.9 Å². The van der Waals surface area contributed by atoms with Gasteiger partial charge in [-0.3, -0.25) is 0 Å². The molecule has 0 bridgehead atoms. The lowest BCUT2D eigenvalue weighted by molar-refractivity contribution is -0.0740. The van der Waals surface area contributed by atoms with Crippen molar-refractivity contribution in [1.82, 2.24) is 0 Å². The van der Waals surface area contributed by atoms with E-state index in [0.29, 0.717) is 30.4 Å². The summed E-state index contributed by atoms with van der Waals surface area (Å²) in [5.74, 6) is 1.38. The zero-order valence-corrected chi connectivity index (χ0v) is 18.9. The first kappa shape index (κ1) is 23.7. The van der Waals surface area contributed by atoms with E-state index in [-0.39, 0.29) is 0 Å². The molecule has 0 fully saturated rings. The maximum atomic E-state index is 12.4. The molecule has 2 rings (SSSR count). The largest absolute Gasteiger partial charge is 0.490 e. The van der Waals surface area contributed by atoms with E-state index in [1.807, 2.05) is 45.9 Å². The number of para-hydroxylation sites is 1. The summed E-state index contributed by atoms with van der Waals surface area (Å²) in [5.41, 5.74) is 1.14. The number of rotatable bonds is 10. The van der Waals surface area contributed by atoms with Gasteiger partial charge in [-0.15, -0.1) is 0 Å². The van der Waals surface area contributed by atoms with Gasteiger partial charge in [0.2, 0.25) is 0 Å². The van der Waals surface area contributed by atoms with Crippen LogP contribution in [0.3, 0.4) is 0 Å². The standard InChI is InChI=1S/C25H34O5/c1-7-18(2)20-12-14-21(15-13-20)29-19(3)27-16-17-28-23-11-9-8-10-22(23)24(26)30-25(4,5)6/h8-15,18-19H,7,16-17H2,1-6H3. The van der Waals surface area contributed by atoms with Crippen LogP contribution in [0.5, 0.6) is 11.5 Å². The predicted molar refractivity (Wildman–Crippen MR) is 118 cm³/mol. The van der Waals surface area contributed by atoms with Crippen LogP contribution >= 0.6 is 0 Å². The number of esters is 1. The third-order valence-electron chi connectivity index (χ3n) is 4.56. The zero-order chi connectivity index (χ0) is 22.1. The Morgan fingerprint density at radius 3 is 2.27 bits per heavy atom. The summed E-state index contributed by atoms with van der Waals surface area (Å²) in [6.45, 7) is 12.4. The van der Waals surface area contributed by atoms with Crippen molar-refractivity contribution in [2.75, 3.05) is 13.2 Å². The van der Waals surface area contributed by atoms with Crippen LogP contribution in [0.2, 0.25) is 0 Å². The summed E-state index contributed by atoms with van der Waals surface area (Å²) in [4.78, 5) is 12.4. The molecule has 0 spiro atoms. The van der Waals surface area contributed by atoms with Crippen LogP contribution in [0.25, 0.3) is 0 Å². The molecule has 2 aromatic rings. The fourth-order valence-electron chi connectivity index (χ4n) is 2.80. The Morgan fingerprint density at radius 2 is 1.63 bits per heavy atom. The number of hydrogen-bond acceptors (Lipinski definition) is 5. The average molecular weight is 415 g/mol. The molecule has 0 amide bonds. The van der Waals surface area contributed by atoms with Crippen molar-refractivity contribution < 1.29 is 23.7 Å². The van der Waals surface area contributed by atoms with Gasteiger partial charge in [0.1, 0.15) is 29.3 Å². The van der Waals surface area contributed by atoms with E-state index in [4.69, 9.17) is 18.9 Å². The van der Waals surface area contributed by atoms with E-state index < -0.39 is 17.9 Å². The summed E-state index contributed by atoms with van der Waals surface area (Å²) in [6.07, 6.45) is 0.695. The number of carbonyl (C=O) groups excluding carboxylic acids is 1. The molecule has 0 radical (unpaired) electrons. The molecule has 2 unspecified atom stereocenters. The molecule has 5 heteroatoms. The van der Waals surface area contributed by atoms with Gasteiger partial charge in [-0.1, -0.05) is 38.1 Å². The van der Waals surface area contributed by atoms with Crippen LogP contribution in [0.1, 0.15) is 69.8 Å². The molecule has 2 aromatic carbocycles. The quantitative estimate of drug-likeness (QED) is 0.272. The second-order valence-corrected chi connectivity index (χ2v) is 8.28. The van der Waals surface area contributed by atoms with Gasteiger partial charge in [-0.05, 0) is 69.9 Å². The molecule has 30 heavy (non-hydrogen) atoms. The highest BCUT2D eigenvalue weighted by Crippen LogP contribution is 2.23. The molecule has 5 nitrogen and oxygen atoms in total. The molecule has 0 N–H and O–H groups in total. The van der Waals surface area contributed by atoms with Gasteiger partial charge >= 0.3 is 5.97 Å². The van der Waals surface area contributed by atoms with Crippen molar-refractivity contribution >= 4 is 5.97 Å². The molecular weight excluding hydrogens is 380 g/mol. The van der Waals surface area contributed by atoms with Crippen molar-refractivity contribution in [3.63, 3.8) is 0 Å². The van der Waals surface area contributed by atoms with Crippen molar-refractivity contribution in [1.29, 1.82) is 0 Å². The zero-order valence-electron chi connectivity index (χ0n) is 18.9. The molecule has 0 aromatic heterocycles. The maximum absolute atomic E-state index is 12.4. The second kappa shape index (κ2) is 11.0. The summed E-state index contributed by atoms with van der Waals surface area (Å²) >= 11 is 0. The average Bonchev–Trinajstić information content (AvgIpc) is 2.70. The predicted octanol–water partition coefficient (Wildman–Crippen LogP) is 5.98. The Kier molecular flexibility index (Phi) is 8.72. The van der Waals surface area contributed by atoms with Crippen LogP contribution < -0.4 is 9.47 Å². The van der Waals surface area contributed by atoms with Crippen molar-refractivity contribution in [3.8, 4) is 11.5 Å². The highest BCUT2D eigenvalue weighted by Gasteiger charge is 2.20. The minimum atomic E-state index is -0.563. The van der Waals surface area contributed by atoms with Gasteiger partial charge in [0.15, 0.2) is 6.29 Å². The first-order chi connectivity index (χ1) is 14.2. The van der Waals surface area contributed by atoms with Gasteiger partial charge in [0.05, 0.1) is 6.61 Å². The summed E-state index contributed by atoms with van der Waals surface area (Å²) < 4.78 is 22.7. The van der Waals surface area contributed by atoms with E-state index in [9.17, 15) is 4.79 Å². The first-order valence-electron chi connectivity index (χ1n) is 10.5. The second-order valence-electron chi connectivity index (χ2n) is 8.28. The fourth-order valence-corrected chi connectivity index (χ4v) is 2.80. The minimum absolute atomic E-state index is 0.292. The molecule has 0 heterocycles. The third kappa shape index (κ3) is 7.71. The Morgan fingerprint density at radius 1 is 0.967 bits per heavy atom. The van der Waals surface area contributed by atoms with Crippen LogP contribution in [-0.4, -0.2) is 31.1 Å². The Hall–Kier alpha value is -2.53. The SMILES string of the molecule is CCC(C)c1ccc(OC(C)OCCOc2ccccc2C(=O)OC(C)(C)C)cc1. The Bertz CT molecular complexity index is 792. The normalized spacial score (nSPS) is 13.4. The van der Waals surface area contributed by atoms with Crippen LogP contribution in [0.15, 0.2) is 48.5 Å². The molecule has 0 aliphatic rings. The molecule has 0 saturated carbocycles. The van der Waals surface area contributed by atoms with Crippen molar-refractivity contribution in [3.05, 3.63) is 59.7 Å². The van der Waals surface area contributed by atoms with E-state index in [2.05, 4.69) is 26.0 Å². The fraction of sp³-hybridized carbons (Fsp3) is 0.480. The Balaban J connectivity index is 1.80. The Labute approximate surface area is 180 Å². The van der Waals surface area contributed by atoms with Gasteiger partial charge in [-0.2, -0.15) is 0 Å². The van der Waals surface area contributed by atoms with Gasteiger partial charge in [-0.25, -0.2) is 4.79 Å². The minimum Gasteiger partial charge on any atom is -0.490 e. The van der Waals surface area contributed by atoms with Crippen molar-refractivity contribution in [2.24, 2.45) is 0 Å². The topological polar surface area (TPSA) is 54.0 Å². The van der Waals surface area contributed by atoms with E-state index in [1.54, 1.807) is 18.2 Å². The maximum Gasteiger partial charge on any atom is 0.342 e. The third-order valence-corrected chi connectivity index (χ3v) is 4.56. The summed E-state index contributed by atoms with van der Waals surface area (Å²) in [7, 11) is 0. The first-order valence-corrected chi connectivity index (χ1v) is 10.5. The molecule has 0 saturated heterocycles. The van der Waals surface area contributed by atoms with Crippen LogP contribution in [0, 0.1) is 0 Å². The van der Waals surface area contributed by atoms with Gasteiger partial charge in [0, 0.05) is 0 Å². The smallest absolute Gasteiger partial charge is 0.342 e. The van der Waals surface area contributed by atoms with E-state index in [1.165, 1.54) is 5.56 Å². The lowest BCUT2D eigenvalue weighted by atomic mass is 9.99. The molecule has 2 atom stereocenters.